The van der Waals surface area contributed by atoms with Crippen molar-refractivity contribution in [3.63, 3.8) is 0 Å². The molecule has 3 nitrogen and oxygen atoms in total. The second-order valence-corrected chi connectivity index (χ2v) is 11.6. The quantitative estimate of drug-likeness (QED) is 0.670. The topological polar surface area (TPSA) is 46.2 Å². The van der Waals surface area contributed by atoms with Crippen LogP contribution in [0.15, 0.2) is 30.3 Å². The van der Waals surface area contributed by atoms with E-state index in [0.717, 1.165) is 12.8 Å². The van der Waals surface area contributed by atoms with Gasteiger partial charge in [-0.15, -0.1) is 23.2 Å². The molecular formula is C18H20Cl2F3NO2S. The van der Waals surface area contributed by atoms with Crippen molar-refractivity contribution in [3.05, 3.63) is 35.9 Å². The Bertz CT molecular complexity index is 835. The summed E-state index contributed by atoms with van der Waals surface area (Å²) < 4.78 is 65.1. The van der Waals surface area contributed by atoms with E-state index in [9.17, 15) is 21.6 Å². The van der Waals surface area contributed by atoms with Crippen LogP contribution in [0.3, 0.4) is 0 Å². The lowest BCUT2D eigenvalue weighted by Crippen LogP contribution is -2.62. The van der Waals surface area contributed by atoms with E-state index in [4.69, 9.17) is 23.2 Å². The Kier molecular flexibility index (Phi) is 4.58. The molecule has 5 rings (SSSR count). The van der Waals surface area contributed by atoms with E-state index in [0.29, 0.717) is 30.7 Å². The van der Waals surface area contributed by atoms with Crippen molar-refractivity contribution >= 4 is 33.2 Å². The summed E-state index contributed by atoms with van der Waals surface area (Å²) in [6, 6.07) is 7.35. The average molecular weight is 442 g/mol. The van der Waals surface area contributed by atoms with E-state index in [-0.39, 0.29) is 5.92 Å². The van der Waals surface area contributed by atoms with E-state index in [1.165, 1.54) is 0 Å². The van der Waals surface area contributed by atoms with Crippen molar-refractivity contribution in [2.45, 2.75) is 53.4 Å². The highest BCUT2D eigenvalue weighted by Crippen LogP contribution is 2.66. The van der Waals surface area contributed by atoms with Crippen LogP contribution < -0.4 is 4.72 Å². The molecule has 4 aliphatic carbocycles. The summed E-state index contributed by atoms with van der Waals surface area (Å²) in [4.78, 5) is -1.23. The van der Waals surface area contributed by atoms with Crippen molar-refractivity contribution in [1.29, 1.82) is 0 Å². The Balaban J connectivity index is 1.76. The van der Waals surface area contributed by atoms with Gasteiger partial charge in [-0.3, -0.25) is 0 Å². The Morgan fingerprint density at radius 2 is 1.78 bits per heavy atom. The van der Waals surface area contributed by atoms with Crippen LogP contribution in [0.4, 0.5) is 13.2 Å². The van der Waals surface area contributed by atoms with E-state index in [1.54, 1.807) is 30.3 Å². The second kappa shape index (κ2) is 6.25. The van der Waals surface area contributed by atoms with Crippen molar-refractivity contribution in [2.24, 2.45) is 17.8 Å². The standard InChI is InChI=1S/C18H20Cl2F3NO2S/c19-16-7-11-6-13(9-16)14(17(20,8-11)10-16)15(12-4-2-1-3-5-12)24-27(25,26)18(21,22)23/h1-5,11,13-15,24H,6-10H2/t11-,13+,14-,15+,16+,17+/m1/s1. The van der Waals surface area contributed by atoms with Gasteiger partial charge in [0.05, 0.1) is 10.9 Å². The molecule has 27 heavy (non-hydrogen) atoms. The molecule has 4 fully saturated rings. The van der Waals surface area contributed by atoms with Gasteiger partial charge >= 0.3 is 15.5 Å². The molecule has 1 aromatic carbocycles. The van der Waals surface area contributed by atoms with Crippen LogP contribution in [-0.2, 0) is 10.0 Å². The number of alkyl halides is 5. The first-order valence-corrected chi connectivity index (χ1v) is 11.2. The van der Waals surface area contributed by atoms with Crippen molar-refractivity contribution < 1.29 is 21.6 Å². The fourth-order valence-corrected chi connectivity index (χ4v) is 8.06. The van der Waals surface area contributed by atoms with Crippen LogP contribution in [0, 0.1) is 17.8 Å². The number of benzene rings is 1. The number of halogens is 5. The molecular weight excluding hydrogens is 422 g/mol. The first-order valence-electron chi connectivity index (χ1n) is 8.94. The minimum absolute atomic E-state index is 0.0117. The van der Waals surface area contributed by atoms with Gasteiger partial charge in [-0.1, -0.05) is 30.3 Å². The number of hydrogen-bond acceptors (Lipinski definition) is 2. The predicted molar refractivity (Wildman–Crippen MR) is 98.0 cm³/mol. The highest BCUT2D eigenvalue weighted by molar-refractivity contribution is 7.90. The van der Waals surface area contributed by atoms with Crippen molar-refractivity contribution in [1.82, 2.24) is 4.72 Å². The summed E-state index contributed by atoms with van der Waals surface area (Å²) in [7, 11) is -5.51. The largest absolute Gasteiger partial charge is 0.511 e. The fourth-order valence-electron chi connectivity index (χ4n) is 5.81. The molecule has 0 amide bonds. The number of nitrogens with one attached hydrogen (secondary N) is 1. The Morgan fingerprint density at radius 3 is 2.33 bits per heavy atom. The minimum Gasteiger partial charge on any atom is -0.203 e. The molecule has 4 saturated carbocycles. The van der Waals surface area contributed by atoms with Crippen molar-refractivity contribution in [2.75, 3.05) is 0 Å². The molecule has 0 radical (unpaired) electrons. The SMILES string of the molecule is O=S(=O)(N[C@@H](c1ccccc1)[C@H]1[C@H]2C[C@@H]3C[C@](Cl)(C2)C[C@@]1(Cl)C3)C(F)(F)F. The maximum Gasteiger partial charge on any atom is 0.511 e. The summed E-state index contributed by atoms with van der Waals surface area (Å²) in [5.41, 5.74) is -4.88. The van der Waals surface area contributed by atoms with E-state index in [1.807, 2.05) is 4.72 Å². The zero-order valence-electron chi connectivity index (χ0n) is 14.3. The molecule has 9 heteroatoms. The summed E-state index contributed by atoms with van der Waals surface area (Å²) in [6.45, 7) is 0. The normalized spacial score (nSPS) is 39.5. The number of sulfonamides is 1. The first kappa shape index (κ1) is 19.8. The molecule has 1 N–H and O–H groups in total. The minimum atomic E-state index is -5.51. The summed E-state index contributed by atoms with van der Waals surface area (Å²) >= 11 is 13.7. The van der Waals surface area contributed by atoms with Crippen LogP contribution in [0.2, 0.25) is 0 Å². The Labute approximate surface area is 166 Å². The third kappa shape index (κ3) is 3.38. The lowest BCUT2D eigenvalue weighted by Gasteiger charge is -2.63. The molecule has 0 unspecified atom stereocenters. The highest BCUT2D eigenvalue weighted by Gasteiger charge is 2.64. The smallest absolute Gasteiger partial charge is 0.203 e. The first-order chi connectivity index (χ1) is 12.4. The monoisotopic (exact) mass is 441 g/mol. The van der Waals surface area contributed by atoms with Crippen LogP contribution >= 0.6 is 23.2 Å². The summed E-state index contributed by atoms with van der Waals surface area (Å²) in [5, 5.41) is 0. The lowest BCUT2D eigenvalue weighted by molar-refractivity contribution is -0.0481. The fraction of sp³-hybridized carbons (Fsp3) is 0.667. The number of hydrogen-bond donors (Lipinski definition) is 1. The van der Waals surface area contributed by atoms with Gasteiger partial charge in [0.1, 0.15) is 0 Å². The molecule has 0 aliphatic heterocycles. The van der Waals surface area contributed by atoms with E-state index >= 15 is 0 Å². The predicted octanol–water partition coefficient (Wildman–Crippen LogP) is 4.96. The molecule has 4 bridgehead atoms. The van der Waals surface area contributed by atoms with Gasteiger partial charge in [0, 0.05) is 10.8 Å². The third-order valence-corrected chi connectivity index (χ3v) is 8.52. The van der Waals surface area contributed by atoms with Crippen molar-refractivity contribution in [3.8, 4) is 0 Å². The summed E-state index contributed by atoms with van der Waals surface area (Å²) in [6.07, 6.45) is 3.49. The van der Waals surface area contributed by atoms with Crippen LogP contribution in [0.1, 0.15) is 43.7 Å². The van der Waals surface area contributed by atoms with Gasteiger partial charge in [-0.25, -0.2) is 8.42 Å². The van der Waals surface area contributed by atoms with Crippen LogP contribution in [0.25, 0.3) is 0 Å². The molecule has 0 heterocycles. The highest BCUT2D eigenvalue weighted by atomic mass is 35.5. The van der Waals surface area contributed by atoms with Gasteiger partial charge < -0.3 is 0 Å². The maximum absolute atomic E-state index is 13.1. The van der Waals surface area contributed by atoms with Gasteiger partial charge in [0.25, 0.3) is 0 Å². The molecule has 0 spiro atoms. The summed E-state index contributed by atoms with van der Waals surface area (Å²) in [5.74, 6) is -0.107. The van der Waals surface area contributed by atoms with Crippen LogP contribution in [-0.4, -0.2) is 23.7 Å². The lowest BCUT2D eigenvalue weighted by atomic mass is 9.49. The van der Waals surface area contributed by atoms with E-state index < -0.39 is 37.2 Å². The molecule has 6 atom stereocenters. The molecule has 150 valence electrons. The second-order valence-electron chi connectivity index (χ2n) is 8.32. The molecule has 1 aromatic rings. The average Bonchev–Trinajstić information content (AvgIpc) is 2.50. The van der Waals surface area contributed by atoms with E-state index in [2.05, 4.69) is 0 Å². The number of rotatable bonds is 4. The van der Waals surface area contributed by atoms with Gasteiger partial charge in [-0.05, 0) is 49.5 Å². The Hall–Kier alpha value is -0.500. The molecule has 4 aliphatic rings. The third-order valence-electron chi connectivity index (χ3n) is 6.37. The van der Waals surface area contributed by atoms with Gasteiger partial charge in [0.15, 0.2) is 0 Å². The molecule has 0 aromatic heterocycles. The molecule has 0 saturated heterocycles. The van der Waals surface area contributed by atoms with Gasteiger partial charge in [-0.2, -0.15) is 17.9 Å². The zero-order chi connectivity index (χ0) is 19.7. The van der Waals surface area contributed by atoms with Gasteiger partial charge in [0.2, 0.25) is 0 Å². The zero-order valence-corrected chi connectivity index (χ0v) is 16.7. The maximum atomic E-state index is 13.1. The van der Waals surface area contributed by atoms with Crippen LogP contribution in [0.5, 0.6) is 0 Å². The Morgan fingerprint density at radius 1 is 1.11 bits per heavy atom.